The summed E-state index contributed by atoms with van der Waals surface area (Å²) in [6.45, 7) is 0. The highest BCUT2D eigenvalue weighted by Crippen LogP contribution is 2.29. The van der Waals surface area contributed by atoms with Gasteiger partial charge in [-0.25, -0.2) is 13.4 Å². The van der Waals surface area contributed by atoms with Crippen LogP contribution in [0.2, 0.25) is 0 Å². The minimum Gasteiger partial charge on any atom is -0.298 e. The van der Waals surface area contributed by atoms with E-state index in [1.165, 1.54) is 23.5 Å². The number of carbonyl (C=O) groups is 1. The molecule has 0 unspecified atom stereocenters. The second kappa shape index (κ2) is 7.94. The number of halogens is 1. The molecule has 1 amide bonds. The number of nitrogens with one attached hydrogen (secondary N) is 2. The Morgan fingerprint density at radius 1 is 0.966 bits per heavy atom. The Kier molecular flexibility index (Phi) is 5.35. The molecule has 0 aliphatic heterocycles. The molecule has 0 bridgehead atoms. The van der Waals surface area contributed by atoms with Crippen molar-refractivity contribution in [2.45, 2.75) is 4.90 Å². The van der Waals surface area contributed by atoms with E-state index in [9.17, 15) is 13.2 Å². The van der Waals surface area contributed by atoms with Gasteiger partial charge in [-0.2, -0.15) is 0 Å². The third kappa shape index (κ3) is 4.47. The first kappa shape index (κ1) is 19.6. The van der Waals surface area contributed by atoms with Crippen LogP contribution < -0.4 is 10.0 Å². The molecule has 2 N–H and O–H groups in total. The van der Waals surface area contributed by atoms with Gasteiger partial charge in [-0.05, 0) is 54.6 Å². The van der Waals surface area contributed by atoms with Gasteiger partial charge in [0.1, 0.15) is 0 Å². The molecule has 29 heavy (non-hydrogen) atoms. The summed E-state index contributed by atoms with van der Waals surface area (Å²) in [5, 5.41) is 3.22. The van der Waals surface area contributed by atoms with E-state index >= 15 is 0 Å². The lowest BCUT2D eigenvalue weighted by molar-refractivity contribution is 0.102. The van der Waals surface area contributed by atoms with Crippen LogP contribution in [0.1, 0.15) is 10.4 Å². The second-order valence-corrected chi connectivity index (χ2v) is 9.71. The summed E-state index contributed by atoms with van der Waals surface area (Å²) in [6.07, 6.45) is 0. The van der Waals surface area contributed by atoms with Crippen molar-refractivity contribution in [1.82, 2.24) is 4.98 Å². The Morgan fingerprint density at radius 2 is 1.69 bits per heavy atom. The van der Waals surface area contributed by atoms with Crippen molar-refractivity contribution in [2.24, 2.45) is 0 Å². The summed E-state index contributed by atoms with van der Waals surface area (Å²) in [5.41, 5.74) is 1.52. The van der Waals surface area contributed by atoms with Gasteiger partial charge in [-0.1, -0.05) is 45.5 Å². The van der Waals surface area contributed by atoms with Crippen molar-refractivity contribution < 1.29 is 13.2 Å². The van der Waals surface area contributed by atoms with Gasteiger partial charge < -0.3 is 0 Å². The van der Waals surface area contributed by atoms with Gasteiger partial charge in [0.25, 0.3) is 15.9 Å². The number of aromatic nitrogens is 1. The predicted molar refractivity (Wildman–Crippen MR) is 119 cm³/mol. The minimum absolute atomic E-state index is 0.162. The van der Waals surface area contributed by atoms with Crippen LogP contribution in [0.15, 0.2) is 82.2 Å². The molecule has 0 radical (unpaired) electrons. The molecule has 0 aliphatic rings. The smallest absolute Gasteiger partial charge is 0.261 e. The minimum atomic E-state index is -3.71. The first-order valence-corrected chi connectivity index (χ1v) is 11.6. The fourth-order valence-corrected chi connectivity index (χ4v) is 4.79. The average Bonchev–Trinajstić information content (AvgIpc) is 3.10. The molecule has 1 heterocycles. The van der Waals surface area contributed by atoms with Gasteiger partial charge in [0, 0.05) is 10.0 Å². The number of nitrogens with zero attached hydrogens (tertiary/aromatic N) is 1. The fourth-order valence-electron chi connectivity index (χ4n) is 2.63. The van der Waals surface area contributed by atoms with Crippen molar-refractivity contribution in [3.63, 3.8) is 0 Å². The van der Waals surface area contributed by atoms with Gasteiger partial charge in [0.05, 0.1) is 20.8 Å². The maximum Gasteiger partial charge on any atom is 0.261 e. The van der Waals surface area contributed by atoms with Crippen molar-refractivity contribution in [3.8, 4) is 0 Å². The topological polar surface area (TPSA) is 88.2 Å². The van der Waals surface area contributed by atoms with Crippen LogP contribution in [0.4, 0.5) is 10.8 Å². The van der Waals surface area contributed by atoms with Crippen LogP contribution in [0.25, 0.3) is 10.2 Å². The number of hydrogen-bond donors (Lipinski definition) is 2. The molecule has 4 rings (SSSR count). The van der Waals surface area contributed by atoms with Gasteiger partial charge >= 0.3 is 0 Å². The Balaban J connectivity index is 1.55. The van der Waals surface area contributed by atoms with E-state index in [1.54, 1.807) is 54.6 Å². The van der Waals surface area contributed by atoms with E-state index in [4.69, 9.17) is 0 Å². The molecule has 0 aliphatic carbocycles. The molecule has 0 saturated carbocycles. The average molecular weight is 488 g/mol. The number of benzene rings is 3. The van der Waals surface area contributed by atoms with Gasteiger partial charge in [0.15, 0.2) is 5.13 Å². The molecule has 9 heteroatoms. The fraction of sp³-hybridized carbons (Fsp3) is 0. The Morgan fingerprint density at radius 3 is 2.41 bits per heavy atom. The van der Waals surface area contributed by atoms with Crippen molar-refractivity contribution in [3.05, 3.63) is 82.8 Å². The summed E-state index contributed by atoms with van der Waals surface area (Å²) in [5.74, 6) is -0.249. The summed E-state index contributed by atoms with van der Waals surface area (Å²) < 4.78 is 29.3. The van der Waals surface area contributed by atoms with E-state index in [0.29, 0.717) is 21.9 Å². The van der Waals surface area contributed by atoms with E-state index < -0.39 is 10.0 Å². The zero-order valence-corrected chi connectivity index (χ0v) is 18.0. The van der Waals surface area contributed by atoms with Gasteiger partial charge in [-0.3, -0.25) is 14.8 Å². The lowest BCUT2D eigenvalue weighted by atomic mass is 10.2. The third-order valence-electron chi connectivity index (χ3n) is 4.02. The van der Waals surface area contributed by atoms with Crippen LogP contribution in [-0.4, -0.2) is 19.3 Å². The van der Waals surface area contributed by atoms with Crippen LogP contribution in [0.5, 0.6) is 0 Å². The Hall–Kier alpha value is -2.75. The lowest BCUT2D eigenvalue weighted by Gasteiger charge is -2.08. The Bertz CT molecular complexity index is 1290. The summed E-state index contributed by atoms with van der Waals surface area (Å²) in [6, 6.07) is 20.3. The summed E-state index contributed by atoms with van der Waals surface area (Å²) >= 11 is 4.61. The number of anilines is 2. The van der Waals surface area contributed by atoms with Crippen LogP contribution >= 0.6 is 27.3 Å². The summed E-state index contributed by atoms with van der Waals surface area (Å²) in [4.78, 5) is 16.8. The predicted octanol–water partition coefficient (Wildman–Crippen LogP) is 5.11. The normalized spacial score (nSPS) is 11.3. The van der Waals surface area contributed by atoms with Crippen molar-refractivity contribution >= 4 is 64.2 Å². The van der Waals surface area contributed by atoms with E-state index in [-0.39, 0.29) is 10.8 Å². The molecule has 146 valence electrons. The summed E-state index contributed by atoms with van der Waals surface area (Å²) in [7, 11) is -3.71. The first-order valence-electron chi connectivity index (χ1n) is 8.46. The molecule has 1 aromatic heterocycles. The zero-order valence-electron chi connectivity index (χ0n) is 14.8. The molecule has 3 aromatic carbocycles. The molecule has 0 spiro atoms. The standard InChI is InChI=1S/C20H14BrN3O3S2/c21-14-6-9-16(10-7-14)29(26,27)24-15-8-11-18-17(12-15)22-20(28-18)23-19(25)13-4-2-1-3-5-13/h1-12,24H,(H,22,23,25). The quantitative estimate of drug-likeness (QED) is 0.409. The highest BCUT2D eigenvalue weighted by atomic mass is 79.9. The van der Waals surface area contributed by atoms with E-state index in [1.807, 2.05) is 6.07 Å². The largest absolute Gasteiger partial charge is 0.298 e. The zero-order chi connectivity index (χ0) is 20.4. The number of fused-ring (bicyclic) bond motifs is 1. The monoisotopic (exact) mass is 487 g/mol. The Labute approximate surface area is 179 Å². The van der Waals surface area contributed by atoms with E-state index in [2.05, 4.69) is 31.0 Å². The van der Waals surface area contributed by atoms with E-state index in [0.717, 1.165) is 9.17 Å². The second-order valence-electron chi connectivity index (χ2n) is 6.08. The lowest BCUT2D eigenvalue weighted by Crippen LogP contribution is -2.12. The van der Waals surface area contributed by atoms with Crippen molar-refractivity contribution in [1.29, 1.82) is 0 Å². The van der Waals surface area contributed by atoms with Crippen LogP contribution in [0.3, 0.4) is 0 Å². The molecule has 4 aromatic rings. The van der Waals surface area contributed by atoms with Crippen molar-refractivity contribution in [2.75, 3.05) is 10.0 Å². The molecule has 0 saturated heterocycles. The molecular weight excluding hydrogens is 474 g/mol. The molecule has 0 fully saturated rings. The number of amides is 1. The van der Waals surface area contributed by atoms with Crippen LogP contribution in [-0.2, 0) is 10.0 Å². The maximum atomic E-state index is 12.6. The molecule has 0 atom stereocenters. The SMILES string of the molecule is O=C(Nc1nc2cc(NS(=O)(=O)c3ccc(Br)cc3)ccc2s1)c1ccccc1. The molecule has 6 nitrogen and oxygen atoms in total. The number of rotatable bonds is 5. The maximum absolute atomic E-state index is 12.6. The van der Waals surface area contributed by atoms with Gasteiger partial charge in [-0.15, -0.1) is 0 Å². The third-order valence-corrected chi connectivity index (χ3v) is 6.90. The highest BCUT2D eigenvalue weighted by Gasteiger charge is 2.15. The van der Waals surface area contributed by atoms with Gasteiger partial charge in [0.2, 0.25) is 0 Å². The highest BCUT2D eigenvalue weighted by molar-refractivity contribution is 9.10. The number of hydrogen-bond acceptors (Lipinski definition) is 5. The molecular formula is C20H14BrN3O3S2. The number of thiazole rings is 1. The number of sulfonamides is 1. The first-order chi connectivity index (χ1) is 13.9. The van der Waals surface area contributed by atoms with Crippen LogP contribution in [0, 0.1) is 0 Å². The number of carbonyl (C=O) groups excluding carboxylic acids is 1.